The average Bonchev–Trinajstić information content (AvgIpc) is 2.82. The SMILES string of the molecule is Cc1ccc(NC(=O)C[C@H]2CC[C@H]3[C@@H](COc4ccc(NC(=O)C5CCC5)cc4C(=O)N3C)O2)cc1. The highest BCUT2D eigenvalue weighted by molar-refractivity contribution is 6.00. The second kappa shape index (κ2) is 10.3. The van der Waals surface area contributed by atoms with Gasteiger partial charge >= 0.3 is 0 Å². The average molecular weight is 492 g/mol. The number of ether oxygens (including phenoxy) is 2. The molecule has 190 valence electrons. The van der Waals surface area contributed by atoms with Crippen molar-refractivity contribution in [2.45, 2.75) is 63.7 Å². The summed E-state index contributed by atoms with van der Waals surface area (Å²) in [6.45, 7) is 2.28. The van der Waals surface area contributed by atoms with Gasteiger partial charge in [0.25, 0.3) is 5.91 Å². The Morgan fingerprint density at radius 2 is 1.75 bits per heavy atom. The molecule has 8 nitrogen and oxygen atoms in total. The van der Waals surface area contributed by atoms with E-state index in [1.54, 1.807) is 30.1 Å². The van der Waals surface area contributed by atoms with E-state index in [1.807, 2.05) is 31.2 Å². The summed E-state index contributed by atoms with van der Waals surface area (Å²) >= 11 is 0. The first-order chi connectivity index (χ1) is 17.4. The number of carbonyl (C=O) groups excluding carboxylic acids is 3. The Hall–Kier alpha value is -3.39. The quantitative estimate of drug-likeness (QED) is 0.655. The lowest BCUT2D eigenvalue weighted by Gasteiger charge is -2.42. The number of nitrogens with zero attached hydrogens (tertiary/aromatic N) is 1. The molecule has 0 spiro atoms. The van der Waals surface area contributed by atoms with E-state index < -0.39 is 0 Å². The molecule has 2 aromatic carbocycles. The van der Waals surface area contributed by atoms with Crippen molar-refractivity contribution < 1.29 is 23.9 Å². The zero-order valence-corrected chi connectivity index (χ0v) is 20.8. The first-order valence-corrected chi connectivity index (χ1v) is 12.7. The molecule has 2 aliphatic heterocycles. The van der Waals surface area contributed by atoms with Crippen molar-refractivity contribution in [1.82, 2.24) is 4.90 Å². The van der Waals surface area contributed by atoms with Gasteiger partial charge in [0.2, 0.25) is 11.8 Å². The molecular weight excluding hydrogens is 458 g/mol. The number of aryl methyl sites for hydroxylation is 1. The third kappa shape index (κ3) is 5.23. The number of carbonyl (C=O) groups is 3. The van der Waals surface area contributed by atoms with Crippen molar-refractivity contribution in [3.63, 3.8) is 0 Å². The molecule has 1 aliphatic carbocycles. The lowest BCUT2D eigenvalue weighted by Crippen LogP contribution is -2.53. The predicted octanol–water partition coefficient (Wildman–Crippen LogP) is 4.14. The molecular formula is C28H33N3O5. The van der Waals surface area contributed by atoms with E-state index in [0.717, 1.165) is 30.5 Å². The van der Waals surface area contributed by atoms with E-state index in [4.69, 9.17) is 9.47 Å². The number of anilines is 2. The van der Waals surface area contributed by atoms with Crippen LogP contribution in [0.1, 0.15) is 54.4 Å². The van der Waals surface area contributed by atoms with Gasteiger partial charge in [-0.3, -0.25) is 14.4 Å². The number of likely N-dealkylation sites (N-methyl/N-ethyl adjacent to an activating group) is 1. The number of fused-ring (bicyclic) bond motifs is 2. The molecule has 36 heavy (non-hydrogen) atoms. The zero-order valence-electron chi connectivity index (χ0n) is 20.8. The molecule has 3 amide bonds. The van der Waals surface area contributed by atoms with E-state index in [-0.39, 0.29) is 54.9 Å². The molecule has 0 bridgehead atoms. The number of hydrogen-bond donors (Lipinski definition) is 2. The largest absolute Gasteiger partial charge is 0.490 e. The summed E-state index contributed by atoms with van der Waals surface area (Å²) in [5, 5.41) is 5.87. The lowest BCUT2D eigenvalue weighted by atomic mass is 9.85. The van der Waals surface area contributed by atoms with Gasteiger partial charge in [0, 0.05) is 24.3 Å². The van der Waals surface area contributed by atoms with Crippen LogP contribution >= 0.6 is 0 Å². The topological polar surface area (TPSA) is 97.0 Å². The Labute approximate surface area is 211 Å². The van der Waals surface area contributed by atoms with Gasteiger partial charge in [-0.05, 0) is 62.9 Å². The maximum absolute atomic E-state index is 13.4. The van der Waals surface area contributed by atoms with E-state index in [9.17, 15) is 14.4 Å². The minimum atomic E-state index is -0.337. The summed E-state index contributed by atoms with van der Waals surface area (Å²) < 4.78 is 12.3. The second-order valence-electron chi connectivity index (χ2n) is 10.1. The molecule has 3 atom stereocenters. The summed E-state index contributed by atoms with van der Waals surface area (Å²) in [6, 6.07) is 12.7. The maximum atomic E-state index is 13.4. The highest BCUT2D eigenvalue weighted by Gasteiger charge is 2.39. The molecule has 8 heteroatoms. The van der Waals surface area contributed by atoms with Gasteiger partial charge in [0.15, 0.2) is 0 Å². The second-order valence-corrected chi connectivity index (χ2v) is 10.1. The first kappa shape index (κ1) is 24.3. The van der Waals surface area contributed by atoms with Crippen LogP contribution in [0.4, 0.5) is 11.4 Å². The Morgan fingerprint density at radius 3 is 2.47 bits per heavy atom. The molecule has 2 fully saturated rings. The van der Waals surface area contributed by atoms with Crippen LogP contribution in [0.15, 0.2) is 42.5 Å². The van der Waals surface area contributed by atoms with E-state index in [1.165, 1.54) is 0 Å². The van der Waals surface area contributed by atoms with Crippen molar-refractivity contribution in [1.29, 1.82) is 0 Å². The third-order valence-electron chi connectivity index (χ3n) is 7.50. The Balaban J connectivity index is 1.23. The number of benzene rings is 2. The summed E-state index contributed by atoms with van der Waals surface area (Å²) in [5.41, 5.74) is 2.93. The minimum absolute atomic E-state index is 0.00645. The Morgan fingerprint density at radius 1 is 1.00 bits per heavy atom. The maximum Gasteiger partial charge on any atom is 0.257 e. The van der Waals surface area contributed by atoms with Gasteiger partial charge in [-0.2, -0.15) is 0 Å². The monoisotopic (exact) mass is 491 g/mol. The fraction of sp³-hybridized carbons (Fsp3) is 0.464. The fourth-order valence-corrected chi connectivity index (χ4v) is 5.08. The van der Waals surface area contributed by atoms with Gasteiger partial charge in [0.1, 0.15) is 18.5 Å². The summed E-state index contributed by atoms with van der Waals surface area (Å²) in [4.78, 5) is 40.0. The Bertz CT molecular complexity index is 1140. The molecule has 0 radical (unpaired) electrons. The van der Waals surface area contributed by atoms with E-state index >= 15 is 0 Å². The van der Waals surface area contributed by atoms with Crippen LogP contribution in [0.3, 0.4) is 0 Å². The molecule has 2 heterocycles. The van der Waals surface area contributed by atoms with Crippen LogP contribution in [-0.2, 0) is 14.3 Å². The van der Waals surface area contributed by atoms with E-state index in [0.29, 0.717) is 29.8 Å². The molecule has 1 saturated heterocycles. The zero-order chi connectivity index (χ0) is 25.2. The Kier molecular flexibility index (Phi) is 6.96. The smallest absolute Gasteiger partial charge is 0.257 e. The number of amides is 3. The van der Waals surface area contributed by atoms with Gasteiger partial charge in [-0.1, -0.05) is 24.1 Å². The lowest BCUT2D eigenvalue weighted by molar-refractivity contribution is -0.130. The molecule has 0 aromatic heterocycles. The van der Waals surface area contributed by atoms with Gasteiger partial charge in [-0.25, -0.2) is 0 Å². The first-order valence-electron chi connectivity index (χ1n) is 12.7. The summed E-state index contributed by atoms with van der Waals surface area (Å²) in [7, 11) is 1.78. The van der Waals surface area contributed by atoms with Gasteiger partial charge in [0.05, 0.1) is 24.1 Å². The van der Waals surface area contributed by atoms with Crippen molar-refractivity contribution in [2.24, 2.45) is 5.92 Å². The molecule has 2 N–H and O–H groups in total. The minimum Gasteiger partial charge on any atom is -0.490 e. The van der Waals surface area contributed by atoms with Crippen LogP contribution in [0, 0.1) is 12.8 Å². The van der Waals surface area contributed by atoms with Crippen molar-refractivity contribution in [3.05, 3.63) is 53.6 Å². The van der Waals surface area contributed by atoms with Crippen LogP contribution in [0.2, 0.25) is 0 Å². The predicted molar refractivity (Wildman–Crippen MR) is 136 cm³/mol. The standard InChI is InChI=1S/C28H33N3O5/c1-17-6-8-19(9-7-17)29-26(32)15-21-11-12-23-25(36-21)16-35-24-13-10-20(14-22(24)28(34)31(23)2)30-27(33)18-4-3-5-18/h6-10,13-14,18,21,23,25H,3-5,11-12,15-16H2,1-2H3,(H,29,32)(H,30,33)/t21-,23+,25-/m1/s1. The number of rotatable bonds is 5. The molecule has 0 unspecified atom stereocenters. The van der Waals surface area contributed by atoms with Crippen LogP contribution in [0.25, 0.3) is 0 Å². The van der Waals surface area contributed by atoms with Crippen molar-refractivity contribution >= 4 is 29.1 Å². The van der Waals surface area contributed by atoms with Crippen LogP contribution < -0.4 is 15.4 Å². The fourth-order valence-electron chi connectivity index (χ4n) is 5.08. The van der Waals surface area contributed by atoms with Gasteiger partial charge < -0.3 is 25.0 Å². The van der Waals surface area contributed by atoms with E-state index in [2.05, 4.69) is 10.6 Å². The normalized spacial score (nSPS) is 23.8. The number of nitrogens with one attached hydrogen (secondary N) is 2. The third-order valence-corrected chi connectivity index (χ3v) is 7.50. The summed E-state index contributed by atoms with van der Waals surface area (Å²) in [6.07, 6.45) is 3.97. The van der Waals surface area contributed by atoms with Crippen LogP contribution in [-0.4, -0.2) is 54.5 Å². The number of hydrogen-bond acceptors (Lipinski definition) is 5. The molecule has 2 aromatic rings. The van der Waals surface area contributed by atoms with Crippen molar-refractivity contribution in [2.75, 3.05) is 24.3 Å². The van der Waals surface area contributed by atoms with Crippen molar-refractivity contribution in [3.8, 4) is 5.75 Å². The molecule has 3 aliphatic rings. The highest BCUT2D eigenvalue weighted by atomic mass is 16.5. The molecule has 5 rings (SSSR count). The van der Waals surface area contributed by atoms with Gasteiger partial charge in [-0.15, -0.1) is 0 Å². The molecule has 1 saturated carbocycles. The highest BCUT2D eigenvalue weighted by Crippen LogP contribution is 2.33. The van der Waals surface area contributed by atoms with Crippen LogP contribution in [0.5, 0.6) is 5.75 Å². The summed E-state index contributed by atoms with van der Waals surface area (Å²) in [5.74, 6) is 0.273.